The standard InChI is InChI=1S/C22H23FN6O3/c1-30-20-18-15(13-2-3-17-24-11-16(23)29(17)12-13)10-25-19(18)27-21(28-20)26-14-4-6-22(7-5-14)31-8-9-32-22/h2-3,10-12,14H,4-9H2,1H3,(H2,25,26,27,28). The lowest BCUT2D eigenvalue weighted by molar-refractivity contribution is -0.177. The number of halogens is 1. The molecule has 0 radical (unpaired) electrons. The molecule has 2 N–H and O–H groups in total. The molecule has 4 aromatic rings. The Morgan fingerprint density at radius 3 is 2.81 bits per heavy atom. The molecular weight excluding hydrogens is 415 g/mol. The molecular formula is C22H23FN6O3. The van der Waals surface area contributed by atoms with Gasteiger partial charge in [0.05, 0.1) is 31.9 Å². The number of methoxy groups -OCH3 is 1. The van der Waals surface area contributed by atoms with Crippen molar-refractivity contribution in [1.29, 1.82) is 0 Å². The van der Waals surface area contributed by atoms with Crippen molar-refractivity contribution in [3.8, 4) is 17.0 Å². The van der Waals surface area contributed by atoms with Crippen LogP contribution in [0.1, 0.15) is 25.7 Å². The van der Waals surface area contributed by atoms with Crippen LogP contribution in [0.2, 0.25) is 0 Å². The normalized spacial score (nSPS) is 18.7. The van der Waals surface area contributed by atoms with E-state index in [9.17, 15) is 4.39 Å². The van der Waals surface area contributed by atoms with E-state index in [0.717, 1.165) is 42.2 Å². The number of fused-ring (bicyclic) bond motifs is 2. The van der Waals surface area contributed by atoms with Crippen LogP contribution in [-0.4, -0.2) is 56.5 Å². The first kappa shape index (κ1) is 19.4. The summed E-state index contributed by atoms with van der Waals surface area (Å²) in [5.41, 5.74) is 2.82. The van der Waals surface area contributed by atoms with Crippen LogP contribution in [-0.2, 0) is 9.47 Å². The molecule has 1 aliphatic carbocycles. The Bertz CT molecular complexity index is 1290. The molecule has 1 saturated carbocycles. The summed E-state index contributed by atoms with van der Waals surface area (Å²) in [5.74, 6) is 0.145. The first-order valence-electron chi connectivity index (χ1n) is 10.7. The molecule has 166 valence electrons. The highest BCUT2D eigenvalue weighted by atomic mass is 19.1. The first-order valence-corrected chi connectivity index (χ1v) is 10.7. The van der Waals surface area contributed by atoms with Gasteiger partial charge in [0.1, 0.15) is 11.3 Å². The number of hydrogen-bond acceptors (Lipinski definition) is 7. The van der Waals surface area contributed by atoms with Gasteiger partial charge in [0.25, 0.3) is 0 Å². The van der Waals surface area contributed by atoms with Crippen LogP contribution < -0.4 is 10.1 Å². The smallest absolute Gasteiger partial charge is 0.228 e. The summed E-state index contributed by atoms with van der Waals surface area (Å²) in [6.07, 6.45) is 8.27. The van der Waals surface area contributed by atoms with Crippen molar-refractivity contribution in [2.45, 2.75) is 37.5 Å². The minimum Gasteiger partial charge on any atom is -0.480 e. The van der Waals surface area contributed by atoms with Crippen LogP contribution >= 0.6 is 0 Å². The van der Waals surface area contributed by atoms with Crippen LogP contribution in [0.4, 0.5) is 10.3 Å². The summed E-state index contributed by atoms with van der Waals surface area (Å²) >= 11 is 0. The molecule has 0 unspecified atom stereocenters. The Balaban J connectivity index is 1.30. The quantitative estimate of drug-likeness (QED) is 0.503. The van der Waals surface area contributed by atoms with Gasteiger partial charge in [-0.3, -0.25) is 4.40 Å². The number of aromatic amines is 1. The fourth-order valence-corrected chi connectivity index (χ4v) is 4.72. The van der Waals surface area contributed by atoms with E-state index in [0.29, 0.717) is 36.3 Å². The van der Waals surface area contributed by atoms with E-state index in [2.05, 4.69) is 25.3 Å². The Labute approximate surface area is 182 Å². The molecule has 4 aromatic heterocycles. The van der Waals surface area contributed by atoms with Crippen LogP contribution in [0.15, 0.2) is 30.7 Å². The third kappa shape index (κ3) is 3.18. The predicted molar refractivity (Wildman–Crippen MR) is 115 cm³/mol. The topological polar surface area (TPSA) is 98.6 Å². The Morgan fingerprint density at radius 2 is 2.03 bits per heavy atom. The Kier molecular flexibility index (Phi) is 4.51. The average Bonchev–Trinajstić information content (AvgIpc) is 3.54. The van der Waals surface area contributed by atoms with E-state index in [-0.39, 0.29) is 6.04 Å². The third-order valence-electron chi connectivity index (χ3n) is 6.36. The van der Waals surface area contributed by atoms with Gasteiger partial charge in [0.15, 0.2) is 5.79 Å². The second kappa shape index (κ2) is 7.42. The first-order chi connectivity index (χ1) is 15.6. The van der Waals surface area contributed by atoms with Gasteiger partial charge in [0.2, 0.25) is 17.8 Å². The van der Waals surface area contributed by atoms with Crippen LogP contribution in [0.3, 0.4) is 0 Å². The fraction of sp³-hybridized carbons (Fsp3) is 0.409. The molecule has 2 fully saturated rings. The lowest BCUT2D eigenvalue weighted by atomic mass is 9.90. The van der Waals surface area contributed by atoms with Crippen LogP contribution in [0.25, 0.3) is 27.8 Å². The molecule has 5 heterocycles. The Morgan fingerprint density at radius 1 is 1.22 bits per heavy atom. The maximum Gasteiger partial charge on any atom is 0.228 e. The highest BCUT2D eigenvalue weighted by Gasteiger charge is 2.40. The van der Waals surface area contributed by atoms with Crippen molar-refractivity contribution in [3.05, 3.63) is 36.7 Å². The van der Waals surface area contributed by atoms with Gasteiger partial charge in [-0.2, -0.15) is 14.4 Å². The maximum absolute atomic E-state index is 14.0. The number of pyridine rings is 1. The number of H-pyrrole nitrogens is 1. The molecule has 0 atom stereocenters. The molecule has 2 aliphatic rings. The maximum atomic E-state index is 14.0. The molecule has 10 heteroatoms. The number of aromatic nitrogens is 5. The summed E-state index contributed by atoms with van der Waals surface area (Å²) in [6, 6.07) is 3.89. The second-order valence-corrected chi connectivity index (χ2v) is 8.24. The lowest BCUT2D eigenvalue weighted by Crippen LogP contribution is -2.39. The van der Waals surface area contributed by atoms with Crippen molar-refractivity contribution in [1.82, 2.24) is 24.3 Å². The summed E-state index contributed by atoms with van der Waals surface area (Å²) in [4.78, 5) is 16.5. The average molecular weight is 438 g/mol. The summed E-state index contributed by atoms with van der Waals surface area (Å²) in [6.45, 7) is 1.34. The highest BCUT2D eigenvalue weighted by Crippen LogP contribution is 2.38. The minimum absolute atomic E-state index is 0.233. The molecule has 0 amide bonds. The summed E-state index contributed by atoms with van der Waals surface area (Å²) < 4.78 is 32.7. The number of ether oxygens (including phenoxy) is 3. The fourth-order valence-electron chi connectivity index (χ4n) is 4.72. The zero-order chi connectivity index (χ0) is 21.7. The number of anilines is 1. The lowest BCUT2D eigenvalue weighted by Gasteiger charge is -2.35. The number of hydrogen-bond donors (Lipinski definition) is 2. The molecule has 1 spiro atoms. The van der Waals surface area contributed by atoms with Crippen molar-refractivity contribution >= 4 is 22.6 Å². The molecule has 6 rings (SSSR count). The van der Waals surface area contributed by atoms with Crippen LogP contribution in [0, 0.1) is 5.95 Å². The Hall–Kier alpha value is -3.24. The predicted octanol–water partition coefficient (Wildman–Crippen LogP) is 3.52. The van der Waals surface area contributed by atoms with E-state index in [1.807, 2.05) is 12.3 Å². The van der Waals surface area contributed by atoms with Crippen molar-refractivity contribution in [2.24, 2.45) is 0 Å². The van der Waals surface area contributed by atoms with Crippen molar-refractivity contribution in [2.75, 3.05) is 25.6 Å². The number of rotatable bonds is 4. The summed E-state index contributed by atoms with van der Waals surface area (Å²) in [7, 11) is 1.58. The highest BCUT2D eigenvalue weighted by molar-refractivity contribution is 5.97. The van der Waals surface area contributed by atoms with Gasteiger partial charge in [-0.1, -0.05) is 0 Å². The van der Waals surface area contributed by atoms with E-state index in [1.165, 1.54) is 10.6 Å². The van der Waals surface area contributed by atoms with E-state index in [1.54, 1.807) is 19.4 Å². The number of imidazole rings is 1. The molecule has 0 aromatic carbocycles. The molecule has 0 bridgehead atoms. The third-order valence-corrected chi connectivity index (χ3v) is 6.36. The zero-order valence-electron chi connectivity index (χ0n) is 17.6. The van der Waals surface area contributed by atoms with E-state index in [4.69, 9.17) is 14.2 Å². The van der Waals surface area contributed by atoms with Crippen molar-refractivity contribution < 1.29 is 18.6 Å². The zero-order valence-corrected chi connectivity index (χ0v) is 17.6. The number of nitrogens with zero attached hydrogens (tertiary/aromatic N) is 4. The van der Waals surface area contributed by atoms with Gasteiger partial charge in [0, 0.05) is 42.4 Å². The van der Waals surface area contributed by atoms with Gasteiger partial charge < -0.3 is 24.5 Å². The van der Waals surface area contributed by atoms with Gasteiger partial charge in [-0.15, -0.1) is 0 Å². The van der Waals surface area contributed by atoms with Gasteiger partial charge >= 0.3 is 0 Å². The number of nitrogens with one attached hydrogen (secondary N) is 2. The van der Waals surface area contributed by atoms with Crippen LogP contribution in [0.5, 0.6) is 5.88 Å². The second-order valence-electron chi connectivity index (χ2n) is 8.24. The van der Waals surface area contributed by atoms with E-state index < -0.39 is 11.7 Å². The summed E-state index contributed by atoms with van der Waals surface area (Å²) in [5, 5.41) is 4.18. The van der Waals surface area contributed by atoms with E-state index >= 15 is 0 Å². The SMILES string of the molecule is COc1nc(NC2CCC3(CC2)OCCO3)nc2[nH]cc(-c3ccc4ncc(F)n4c3)c12. The largest absolute Gasteiger partial charge is 0.480 e. The minimum atomic E-state index is -0.418. The molecule has 32 heavy (non-hydrogen) atoms. The molecule has 1 aliphatic heterocycles. The van der Waals surface area contributed by atoms with Crippen molar-refractivity contribution in [3.63, 3.8) is 0 Å². The monoisotopic (exact) mass is 438 g/mol. The van der Waals surface area contributed by atoms with Gasteiger partial charge in [-0.25, -0.2) is 4.98 Å². The molecule has 1 saturated heterocycles. The molecule has 9 nitrogen and oxygen atoms in total. The van der Waals surface area contributed by atoms with Gasteiger partial charge in [-0.05, 0) is 25.0 Å².